The van der Waals surface area contributed by atoms with Gasteiger partial charge >= 0.3 is 0 Å². The van der Waals surface area contributed by atoms with Crippen molar-refractivity contribution < 1.29 is 9.47 Å². The molecule has 0 atom stereocenters. The summed E-state index contributed by atoms with van der Waals surface area (Å²) in [5, 5.41) is 9.57. The zero-order valence-electron chi connectivity index (χ0n) is 15.6. The van der Waals surface area contributed by atoms with Gasteiger partial charge in [0.05, 0.1) is 11.6 Å². The third kappa shape index (κ3) is 5.48. The van der Waals surface area contributed by atoms with Crippen molar-refractivity contribution in [2.45, 2.75) is 6.92 Å². The maximum absolute atomic E-state index is 9.57. The van der Waals surface area contributed by atoms with Gasteiger partial charge in [-0.1, -0.05) is 64.0 Å². The Balaban J connectivity index is 1.71. The predicted octanol–water partition coefficient (Wildman–Crippen LogP) is 6.28. The van der Waals surface area contributed by atoms with Gasteiger partial charge < -0.3 is 9.47 Å². The van der Waals surface area contributed by atoms with Gasteiger partial charge in [0, 0.05) is 10.0 Å². The summed E-state index contributed by atoms with van der Waals surface area (Å²) in [5.74, 6) is 1.53. The summed E-state index contributed by atoms with van der Waals surface area (Å²) in [6.45, 7) is 2.88. The highest BCUT2D eigenvalue weighted by Crippen LogP contribution is 2.28. The number of hydrogen-bond acceptors (Lipinski definition) is 3. The molecule has 3 rings (SSSR count). The fraction of sp³-hybridized carbons (Fsp3) is 0.125. The molecule has 28 heavy (non-hydrogen) atoms. The number of allylic oxidation sites excluding steroid dienone is 1. The molecule has 0 aliphatic carbocycles. The van der Waals surface area contributed by atoms with Crippen molar-refractivity contribution in [3.63, 3.8) is 0 Å². The molecule has 4 heteroatoms. The maximum Gasteiger partial charge on any atom is 0.126 e. The summed E-state index contributed by atoms with van der Waals surface area (Å²) in [6, 6.07) is 25.6. The number of nitriles is 1. The lowest BCUT2D eigenvalue weighted by molar-refractivity contribution is 0.217. The van der Waals surface area contributed by atoms with E-state index < -0.39 is 0 Å². The largest absolute Gasteiger partial charge is 0.490 e. The molecule has 0 fully saturated rings. The Morgan fingerprint density at radius 3 is 2.39 bits per heavy atom. The van der Waals surface area contributed by atoms with Gasteiger partial charge in [-0.05, 0) is 48.9 Å². The SMILES string of the molecule is Cc1ccc(OCCOc2ccc(Br)cc2/C=C(\C#N)c2ccccc2)cc1. The molecule has 0 bridgehead atoms. The Morgan fingerprint density at radius 1 is 0.964 bits per heavy atom. The second-order valence-electron chi connectivity index (χ2n) is 6.23. The van der Waals surface area contributed by atoms with Gasteiger partial charge in [0.25, 0.3) is 0 Å². The monoisotopic (exact) mass is 433 g/mol. The second-order valence-corrected chi connectivity index (χ2v) is 7.14. The summed E-state index contributed by atoms with van der Waals surface area (Å²) >= 11 is 3.49. The summed E-state index contributed by atoms with van der Waals surface area (Å²) in [6.07, 6.45) is 1.84. The van der Waals surface area contributed by atoms with Crippen molar-refractivity contribution in [1.82, 2.24) is 0 Å². The van der Waals surface area contributed by atoms with Crippen LogP contribution in [-0.4, -0.2) is 13.2 Å². The first kappa shape index (κ1) is 19.7. The van der Waals surface area contributed by atoms with E-state index in [0.717, 1.165) is 21.3 Å². The molecule has 0 N–H and O–H groups in total. The molecule has 0 spiro atoms. The Kier molecular flexibility index (Phi) is 6.89. The zero-order chi connectivity index (χ0) is 19.8. The number of rotatable bonds is 7. The third-order valence-electron chi connectivity index (χ3n) is 4.11. The molecular formula is C24H20BrNO2. The van der Waals surface area contributed by atoms with Crippen LogP contribution in [0.15, 0.2) is 77.3 Å². The number of halogens is 1. The van der Waals surface area contributed by atoms with Crippen LogP contribution in [0.4, 0.5) is 0 Å². The van der Waals surface area contributed by atoms with Crippen LogP contribution in [0.5, 0.6) is 11.5 Å². The summed E-state index contributed by atoms with van der Waals surface area (Å²) < 4.78 is 12.6. The minimum absolute atomic E-state index is 0.406. The first-order valence-corrected chi connectivity index (χ1v) is 9.74. The minimum atomic E-state index is 0.406. The Bertz CT molecular complexity index is 989. The molecule has 140 valence electrons. The lowest BCUT2D eigenvalue weighted by atomic mass is 10.0. The molecule has 3 aromatic carbocycles. The van der Waals surface area contributed by atoms with Gasteiger partial charge in [0.2, 0.25) is 0 Å². The van der Waals surface area contributed by atoms with E-state index in [-0.39, 0.29) is 0 Å². The van der Waals surface area contributed by atoms with Crippen LogP contribution in [0.1, 0.15) is 16.7 Å². The Hall–Kier alpha value is -3.03. The lowest BCUT2D eigenvalue weighted by Crippen LogP contribution is -2.09. The van der Waals surface area contributed by atoms with Crippen LogP contribution in [0, 0.1) is 18.3 Å². The molecule has 0 amide bonds. The standard InChI is InChI=1S/C24H20BrNO2/c1-18-7-10-23(11-8-18)27-13-14-28-24-12-9-22(25)16-20(24)15-21(17-26)19-5-3-2-4-6-19/h2-12,15-16H,13-14H2,1H3/b21-15+. The molecule has 0 unspecified atom stereocenters. The van der Waals surface area contributed by atoms with E-state index in [1.54, 1.807) is 0 Å². The first-order chi connectivity index (χ1) is 13.7. The summed E-state index contributed by atoms with van der Waals surface area (Å²) in [4.78, 5) is 0. The highest BCUT2D eigenvalue weighted by atomic mass is 79.9. The molecule has 3 nitrogen and oxygen atoms in total. The Labute approximate surface area is 174 Å². The van der Waals surface area contributed by atoms with Gasteiger partial charge in [-0.3, -0.25) is 0 Å². The molecule has 0 heterocycles. The number of hydrogen-bond donors (Lipinski definition) is 0. The smallest absolute Gasteiger partial charge is 0.126 e. The van der Waals surface area contributed by atoms with E-state index in [1.165, 1.54) is 5.56 Å². The van der Waals surface area contributed by atoms with Crippen molar-refractivity contribution in [2.24, 2.45) is 0 Å². The van der Waals surface area contributed by atoms with Crippen molar-refractivity contribution >= 4 is 27.6 Å². The molecule has 0 aromatic heterocycles. The fourth-order valence-electron chi connectivity index (χ4n) is 2.66. The van der Waals surface area contributed by atoms with E-state index in [0.29, 0.717) is 24.5 Å². The van der Waals surface area contributed by atoms with Gasteiger partial charge in [0.15, 0.2) is 0 Å². The van der Waals surface area contributed by atoms with Gasteiger partial charge in [0.1, 0.15) is 24.7 Å². The Morgan fingerprint density at radius 2 is 1.68 bits per heavy atom. The molecule has 0 radical (unpaired) electrons. The van der Waals surface area contributed by atoms with Crippen molar-refractivity contribution in [2.75, 3.05) is 13.2 Å². The fourth-order valence-corrected chi connectivity index (χ4v) is 3.04. The molecule has 0 aliphatic rings. The molecule has 3 aromatic rings. The predicted molar refractivity (Wildman–Crippen MR) is 116 cm³/mol. The van der Waals surface area contributed by atoms with Crippen molar-refractivity contribution in [1.29, 1.82) is 5.26 Å². The van der Waals surface area contributed by atoms with Crippen molar-refractivity contribution in [3.05, 3.63) is 94.0 Å². The quantitative estimate of drug-likeness (QED) is 0.250. The van der Waals surface area contributed by atoms with Crippen LogP contribution in [0.3, 0.4) is 0 Å². The highest BCUT2D eigenvalue weighted by Gasteiger charge is 2.07. The van der Waals surface area contributed by atoms with Gasteiger partial charge in [-0.15, -0.1) is 0 Å². The average molecular weight is 434 g/mol. The van der Waals surface area contributed by atoms with E-state index >= 15 is 0 Å². The summed E-state index contributed by atoms with van der Waals surface area (Å²) in [5.41, 5.74) is 3.49. The molecule has 0 saturated carbocycles. The van der Waals surface area contributed by atoms with Crippen LogP contribution in [0.2, 0.25) is 0 Å². The lowest BCUT2D eigenvalue weighted by Gasteiger charge is -2.11. The van der Waals surface area contributed by atoms with Crippen LogP contribution in [-0.2, 0) is 0 Å². The number of benzene rings is 3. The maximum atomic E-state index is 9.57. The number of ether oxygens (including phenoxy) is 2. The van der Waals surface area contributed by atoms with Crippen LogP contribution in [0.25, 0.3) is 11.6 Å². The van der Waals surface area contributed by atoms with Crippen LogP contribution < -0.4 is 9.47 Å². The minimum Gasteiger partial charge on any atom is -0.490 e. The van der Waals surface area contributed by atoms with E-state index in [9.17, 15) is 5.26 Å². The van der Waals surface area contributed by atoms with E-state index in [2.05, 4.69) is 22.0 Å². The first-order valence-electron chi connectivity index (χ1n) is 8.95. The normalized spacial score (nSPS) is 11.0. The topological polar surface area (TPSA) is 42.2 Å². The second kappa shape index (κ2) is 9.77. The highest BCUT2D eigenvalue weighted by molar-refractivity contribution is 9.10. The average Bonchev–Trinajstić information content (AvgIpc) is 2.72. The third-order valence-corrected chi connectivity index (χ3v) is 4.60. The van der Waals surface area contributed by atoms with Gasteiger partial charge in [-0.25, -0.2) is 0 Å². The molecular weight excluding hydrogens is 414 g/mol. The van der Waals surface area contributed by atoms with E-state index in [4.69, 9.17) is 9.47 Å². The van der Waals surface area contributed by atoms with E-state index in [1.807, 2.05) is 85.8 Å². The zero-order valence-corrected chi connectivity index (χ0v) is 17.1. The summed E-state index contributed by atoms with van der Waals surface area (Å²) in [7, 11) is 0. The number of nitrogens with zero attached hydrogens (tertiary/aromatic N) is 1. The van der Waals surface area contributed by atoms with Gasteiger partial charge in [-0.2, -0.15) is 5.26 Å². The molecule has 0 saturated heterocycles. The van der Waals surface area contributed by atoms with Crippen molar-refractivity contribution in [3.8, 4) is 17.6 Å². The number of aryl methyl sites for hydroxylation is 1. The molecule has 0 aliphatic heterocycles. The van der Waals surface area contributed by atoms with Crippen LogP contribution >= 0.6 is 15.9 Å².